The van der Waals surface area contributed by atoms with Crippen molar-refractivity contribution in [2.75, 3.05) is 18.4 Å². The van der Waals surface area contributed by atoms with Gasteiger partial charge in [0.15, 0.2) is 5.82 Å². The van der Waals surface area contributed by atoms with Crippen LogP contribution in [0.1, 0.15) is 31.1 Å². The van der Waals surface area contributed by atoms with Gasteiger partial charge in [-0.25, -0.2) is 4.79 Å². The Kier molecular flexibility index (Phi) is 4.90. The number of amides is 2. The number of carbonyl (C=O) groups excluding carboxylic acids is 1. The van der Waals surface area contributed by atoms with Gasteiger partial charge in [0.1, 0.15) is 6.10 Å². The Morgan fingerprint density at radius 1 is 1.33 bits per heavy atom. The van der Waals surface area contributed by atoms with E-state index < -0.39 is 23.4 Å². The number of morpholine rings is 1. The number of hydrogen-bond acceptors (Lipinski definition) is 3. The molecule has 1 fully saturated rings. The summed E-state index contributed by atoms with van der Waals surface area (Å²) >= 11 is 0. The minimum absolute atomic E-state index is 0.142. The summed E-state index contributed by atoms with van der Waals surface area (Å²) < 4.78 is 46.5. The van der Waals surface area contributed by atoms with E-state index in [-0.39, 0.29) is 12.6 Å². The van der Waals surface area contributed by atoms with Crippen molar-refractivity contribution in [3.63, 3.8) is 0 Å². The molecule has 1 atom stereocenters. The molecule has 2 aromatic rings. The number of aryl methyl sites for hydroxylation is 1. The molecular weight excluding hydrogens is 361 g/mol. The minimum atomic E-state index is -4.43. The number of alkyl halides is 3. The predicted molar refractivity (Wildman–Crippen MR) is 93.1 cm³/mol. The van der Waals surface area contributed by atoms with Crippen molar-refractivity contribution in [1.82, 2.24) is 14.7 Å². The second-order valence-corrected chi connectivity index (χ2v) is 7.17. The SMILES string of the molecule is Cn1ccc(NC(=O)N2CC(c3cccc(C(F)(F)F)c3)OC(C)(C)C2)n1. The van der Waals surface area contributed by atoms with Gasteiger partial charge >= 0.3 is 12.2 Å². The number of carbonyl (C=O) groups is 1. The van der Waals surface area contributed by atoms with Crippen LogP contribution in [-0.2, 0) is 18.0 Å². The minimum Gasteiger partial charge on any atom is -0.364 e. The number of aromatic nitrogens is 2. The quantitative estimate of drug-likeness (QED) is 0.859. The lowest BCUT2D eigenvalue weighted by molar-refractivity contribution is -0.138. The number of halogens is 3. The average Bonchev–Trinajstić information content (AvgIpc) is 2.97. The van der Waals surface area contributed by atoms with E-state index in [1.54, 1.807) is 43.9 Å². The summed E-state index contributed by atoms with van der Waals surface area (Å²) in [6.45, 7) is 4.05. The normalized spacial score (nSPS) is 19.8. The zero-order valence-corrected chi connectivity index (χ0v) is 15.2. The van der Waals surface area contributed by atoms with E-state index in [9.17, 15) is 18.0 Å². The highest BCUT2D eigenvalue weighted by molar-refractivity contribution is 5.88. The lowest BCUT2D eigenvalue weighted by atomic mass is 10.00. The third-order valence-electron chi connectivity index (χ3n) is 4.24. The van der Waals surface area contributed by atoms with Gasteiger partial charge in [0.05, 0.1) is 24.3 Å². The summed E-state index contributed by atoms with van der Waals surface area (Å²) in [5, 5.41) is 6.80. The van der Waals surface area contributed by atoms with Crippen LogP contribution in [0.5, 0.6) is 0 Å². The Balaban J connectivity index is 1.80. The summed E-state index contributed by atoms with van der Waals surface area (Å²) in [7, 11) is 1.73. The third-order valence-corrected chi connectivity index (χ3v) is 4.24. The number of hydrogen-bond donors (Lipinski definition) is 1. The highest BCUT2D eigenvalue weighted by atomic mass is 19.4. The Bertz CT molecular complexity index is 832. The van der Waals surface area contributed by atoms with E-state index in [0.29, 0.717) is 17.9 Å². The molecule has 1 aromatic heterocycles. The predicted octanol–water partition coefficient (Wildman–Crippen LogP) is 3.82. The summed E-state index contributed by atoms with van der Waals surface area (Å²) in [5.74, 6) is 0.405. The van der Waals surface area contributed by atoms with Crippen LogP contribution >= 0.6 is 0 Å². The van der Waals surface area contributed by atoms with Crippen LogP contribution < -0.4 is 5.32 Å². The molecule has 1 saturated heterocycles. The maximum absolute atomic E-state index is 13.0. The highest BCUT2D eigenvalue weighted by Gasteiger charge is 2.38. The van der Waals surface area contributed by atoms with Crippen molar-refractivity contribution in [3.8, 4) is 0 Å². The largest absolute Gasteiger partial charge is 0.416 e. The zero-order valence-electron chi connectivity index (χ0n) is 15.2. The number of anilines is 1. The van der Waals surface area contributed by atoms with E-state index in [1.165, 1.54) is 11.0 Å². The third kappa shape index (κ3) is 4.60. The van der Waals surface area contributed by atoms with Crippen LogP contribution in [0.4, 0.5) is 23.8 Å². The van der Waals surface area contributed by atoms with Gasteiger partial charge in [-0.2, -0.15) is 18.3 Å². The van der Waals surface area contributed by atoms with Gasteiger partial charge in [0.2, 0.25) is 0 Å². The first-order valence-corrected chi connectivity index (χ1v) is 8.44. The smallest absolute Gasteiger partial charge is 0.364 e. The van der Waals surface area contributed by atoms with E-state index in [4.69, 9.17) is 4.74 Å². The molecule has 2 amide bonds. The number of nitrogens with one attached hydrogen (secondary N) is 1. The summed E-state index contributed by atoms with van der Waals surface area (Å²) in [6, 6.07) is 6.30. The van der Waals surface area contributed by atoms with Crippen LogP contribution in [0, 0.1) is 0 Å². The van der Waals surface area contributed by atoms with Crippen molar-refractivity contribution in [2.45, 2.75) is 31.7 Å². The number of benzene rings is 1. The fraction of sp³-hybridized carbons (Fsp3) is 0.444. The van der Waals surface area contributed by atoms with Crippen molar-refractivity contribution in [3.05, 3.63) is 47.7 Å². The molecule has 146 valence electrons. The van der Waals surface area contributed by atoms with Crippen molar-refractivity contribution in [1.29, 1.82) is 0 Å². The molecule has 1 aromatic carbocycles. The summed E-state index contributed by atoms with van der Waals surface area (Å²) in [5.41, 5.74) is -1.07. The lowest BCUT2D eigenvalue weighted by Crippen LogP contribution is -2.52. The highest BCUT2D eigenvalue weighted by Crippen LogP contribution is 2.35. The molecule has 0 radical (unpaired) electrons. The van der Waals surface area contributed by atoms with Crippen LogP contribution in [0.2, 0.25) is 0 Å². The van der Waals surface area contributed by atoms with Gasteiger partial charge in [-0.05, 0) is 31.5 Å². The number of rotatable bonds is 2. The fourth-order valence-corrected chi connectivity index (χ4v) is 3.10. The molecule has 27 heavy (non-hydrogen) atoms. The maximum atomic E-state index is 13.0. The molecule has 9 heteroatoms. The summed E-state index contributed by atoms with van der Waals surface area (Å²) in [6.07, 6.45) is -3.40. The zero-order chi connectivity index (χ0) is 19.8. The van der Waals surface area contributed by atoms with Gasteiger partial charge in [-0.15, -0.1) is 0 Å². The molecule has 2 heterocycles. The Hall–Kier alpha value is -2.55. The van der Waals surface area contributed by atoms with Gasteiger partial charge in [-0.3, -0.25) is 10.00 Å². The monoisotopic (exact) mass is 382 g/mol. The van der Waals surface area contributed by atoms with Gasteiger partial charge < -0.3 is 9.64 Å². The van der Waals surface area contributed by atoms with E-state index in [1.807, 2.05) is 0 Å². The van der Waals surface area contributed by atoms with Crippen LogP contribution in [0.25, 0.3) is 0 Å². The first-order chi connectivity index (χ1) is 12.5. The van der Waals surface area contributed by atoms with Gasteiger partial charge in [0.25, 0.3) is 0 Å². The molecule has 0 spiro atoms. The topological polar surface area (TPSA) is 59.4 Å². The Morgan fingerprint density at radius 2 is 2.07 bits per heavy atom. The second-order valence-electron chi connectivity index (χ2n) is 7.17. The van der Waals surface area contributed by atoms with Crippen LogP contribution in [0.15, 0.2) is 36.5 Å². The van der Waals surface area contributed by atoms with Crippen molar-refractivity contribution in [2.24, 2.45) is 7.05 Å². The standard InChI is InChI=1S/C18H21F3N4O2/c1-17(2)11-25(16(26)22-15-7-8-24(3)23-15)10-14(27-17)12-5-4-6-13(9-12)18(19,20)21/h4-9,14H,10-11H2,1-3H3,(H,22,23,26). The van der Waals surface area contributed by atoms with E-state index in [2.05, 4.69) is 10.4 Å². The lowest BCUT2D eigenvalue weighted by Gasteiger charge is -2.42. The molecule has 0 aliphatic carbocycles. The van der Waals surface area contributed by atoms with E-state index >= 15 is 0 Å². The number of urea groups is 1. The molecule has 1 N–H and O–H groups in total. The molecular formula is C18H21F3N4O2. The first kappa shape index (κ1) is 19.2. The molecule has 6 nitrogen and oxygen atoms in total. The average molecular weight is 382 g/mol. The molecule has 3 rings (SSSR count). The Labute approximate surface area is 154 Å². The van der Waals surface area contributed by atoms with Crippen LogP contribution in [0.3, 0.4) is 0 Å². The van der Waals surface area contributed by atoms with E-state index in [0.717, 1.165) is 12.1 Å². The molecule has 1 aliphatic rings. The van der Waals surface area contributed by atoms with Gasteiger partial charge in [0, 0.05) is 19.3 Å². The molecule has 0 bridgehead atoms. The van der Waals surface area contributed by atoms with Crippen molar-refractivity contribution >= 4 is 11.8 Å². The molecule has 0 saturated carbocycles. The fourth-order valence-electron chi connectivity index (χ4n) is 3.10. The Morgan fingerprint density at radius 3 is 2.70 bits per heavy atom. The summed E-state index contributed by atoms with van der Waals surface area (Å²) in [4.78, 5) is 14.1. The molecule has 1 unspecified atom stereocenters. The van der Waals surface area contributed by atoms with Crippen LogP contribution in [-0.4, -0.2) is 39.4 Å². The maximum Gasteiger partial charge on any atom is 0.416 e. The van der Waals surface area contributed by atoms with Crippen molar-refractivity contribution < 1.29 is 22.7 Å². The second kappa shape index (κ2) is 6.88. The number of ether oxygens (including phenoxy) is 1. The van der Waals surface area contributed by atoms with Gasteiger partial charge in [-0.1, -0.05) is 12.1 Å². The first-order valence-electron chi connectivity index (χ1n) is 8.44. The molecule has 1 aliphatic heterocycles. The number of nitrogens with zero attached hydrogens (tertiary/aromatic N) is 3.